The van der Waals surface area contributed by atoms with E-state index in [9.17, 15) is 9.59 Å². The Hall–Kier alpha value is -2.67. The molecule has 0 bridgehead atoms. The number of carbonyl (C=O) groups is 2. The summed E-state index contributed by atoms with van der Waals surface area (Å²) < 4.78 is 10.5. The Morgan fingerprint density at radius 2 is 1.76 bits per heavy atom. The van der Waals surface area contributed by atoms with Crippen LogP contribution in [-0.2, 0) is 11.3 Å². The van der Waals surface area contributed by atoms with Crippen LogP contribution in [0.1, 0.15) is 27.9 Å². The number of nitrogens with one attached hydrogen (secondary N) is 2. The number of benzene rings is 2. The predicted octanol–water partition coefficient (Wildman–Crippen LogP) is 3.18. The summed E-state index contributed by atoms with van der Waals surface area (Å²) in [5.74, 6) is 1.60. The quantitative estimate of drug-likeness (QED) is 0.622. The molecule has 0 saturated heterocycles. The fourth-order valence-electron chi connectivity index (χ4n) is 2.81. The lowest BCUT2D eigenvalue weighted by Gasteiger charge is -2.19. The number of aryl methyl sites for hydroxylation is 1. The van der Waals surface area contributed by atoms with E-state index < -0.39 is 6.04 Å². The molecule has 0 aliphatic carbocycles. The van der Waals surface area contributed by atoms with Gasteiger partial charge in [0.15, 0.2) is 0 Å². The monoisotopic (exact) mass is 416 g/mol. The minimum Gasteiger partial charge on any atom is -0.497 e. The van der Waals surface area contributed by atoms with E-state index >= 15 is 0 Å². The number of methoxy groups -OCH3 is 2. The normalized spacial score (nSPS) is 11.4. The summed E-state index contributed by atoms with van der Waals surface area (Å²) in [7, 11) is 3.16. The van der Waals surface area contributed by atoms with Gasteiger partial charge in [0.05, 0.1) is 14.2 Å². The first-order valence-corrected chi connectivity index (χ1v) is 10.7. The highest BCUT2D eigenvalue weighted by molar-refractivity contribution is 7.98. The molecule has 2 N–H and O–H groups in total. The summed E-state index contributed by atoms with van der Waals surface area (Å²) in [6.45, 7) is 2.24. The van der Waals surface area contributed by atoms with Gasteiger partial charge in [0.2, 0.25) is 5.91 Å². The van der Waals surface area contributed by atoms with Crippen LogP contribution in [0.2, 0.25) is 0 Å². The molecule has 7 heteroatoms. The largest absolute Gasteiger partial charge is 0.497 e. The standard InChI is InChI=1S/C22H28N2O4S/c1-15-6-5-7-17(10-15)21(25)24-20(8-9-29-4)22(26)23-14-16-11-18(27-2)13-19(12-16)28-3/h5-7,10-13,20H,8-9,14H2,1-4H3,(H,23,26)(H,24,25). The molecule has 0 fully saturated rings. The van der Waals surface area contributed by atoms with Crippen LogP contribution in [0.4, 0.5) is 0 Å². The Morgan fingerprint density at radius 1 is 1.07 bits per heavy atom. The van der Waals surface area contributed by atoms with Crippen molar-refractivity contribution in [2.45, 2.75) is 25.9 Å². The number of ether oxygens (including phenoxy) is 2. The van der Waals surface area contributed by atoms with Gasteiger partial charge in [0, 0.05) is 18.2 Å². The number of hydrogen-bond acceptors (Lipinski definition) is 5. The van der Waals surface area contributed by atoms with Crippen LogP contribution >= 0.6 is 11.8 Å². The van der Waals surface area contributed by atoms with Gasteiger partial charge in [-0.05, 0) is 55.2 Å². The van der Waals surface area contributed by atoms with E-state index in [-0.39, 0.29) is 11.8 Å². The van der Waals surface area contributed by atoms with Crippen molar-refractivity contribution >= 4 is 23.6 Å². The maximum Gasteiger partial charge on any atom is 0.251 e. The van der Waals surface area contributed by atoms with Crippen molar-refractivity contribution in [2.75, 3.05) is 26.2 Å². The first kappa shape index (κ1) is 22.6. The maximum absolute atomic E-state index is 12.8. The highest BCUT2D eigenvalue weighted by Gasteiger charge is 2.21. The molecule has 1 unspecified atom stereocenters. The number of hydrogen-bond donors (Lipinski definition) is 2. The van der Waals surface area contributed by atoms with Crippen LogP contribution in [0, 0.1) is 6.92 Å². The summed E-state index contributed by atoms with van der Waals surface area (Å²) in [6.07, 6.45) is 2.52. The second-order valence-corrected chi connectivity index (χ2v) is 7.60. The summed E-state index contributed by atoms with van der Waals surface area (Å²) in [6, 6.07) is 12.2. The maximum atomic E-state index is 12.8. The fourth-order valence-corrected chi connectivity index (χ4v) is 3.28. The van der Waals surface area contributed by atoms with Crippen LogP contribution in [0.5, 0.6) is 11.5 Å². The molecule has 2 aromatic carbocycles. The average Bonchev–Trinajstić information content (AvgIpc) is 2.74. The van der Waals surface area contributed by atoms with Crippen LogP contribution in [-0.4, -0.2) is 44.1 Å². The highest BCUT2D eigenvalue weighted by Crippen LogP contribution is 2.22. The molecule has 0 aromatic heterocycles. The second kappa shape index (κ2) is 11.4. The molecule has 29 heavy (non-hydrogen) atoms. The molecule has 0 radical (unpaired) electrons. The van der Waals surface area contributed by atoms with E-state index in [0.717, 1.165) is 16.9 Å². The number of amides is 2. The van der Waals surface area contributed by atoms with E-state index in [4.69, 9.17) is 9.47 Å². The molecule has 0 saturated carbocycles. The molecule has 0 aliphatic rings. The van der Waals surface area contributed by atoms with Gasteiger partial charge in [0.1, 0.15) is 17.5 Å². The topological polar surface area (TPSA) is 76.7 Å². The first-order chi connectivity index (χ1) is 14.0. The van der Waals surface area contributed by atoms with Crippen LogP contribution in [0.3, 0.4) is 0 Å². The zero-order valence-corrected chi connectivity index (χ0v) is 18.1. The summed E-state index contributed by atoms with van der Waals surface area (Å²) in [5, 5.41) is 5.77. The minimum atomic E-state index is -0.608. The van der Waals surface area contributed by atoms with E-state index in [2.05, 4.69) is 10.6 Å². The Labute approximate surface area is 176 Å². The Kier molecular flexibility index (Phi) is 8.86. The van der Waals surface area contributed by atoms with Gasteiger partial charge in [-0.25, -0.2) is 0 Å². The fraction of sp³-hybridized carbons (Fsp3) is 0.364. The van der Waals surface area contributed by atoms with E-state index in [1.54, 1.807) is 44.2 Å². The van der Waals surface area contributed by atoms with Crippen molar-refractivity contribution < 1.29 is 19.1 Å². The molecule has 0 aliphatic heterocycles. The van der Waals surface area contributed by atoms with Gasteiger partial charge in [0.25, 0.3) is 5.91 Å². The lowest BCUT2D eigenvalue weighted by molar-refractivity contribution is -0.123. The zero-order chi connectivity index (χ0) is 21.2. The SMILES string of the molecule is COc1cc(CNC(=O)C(CCSC)NC(=O)c2cccc(C)c2)cc(OC)c1. The molecule has 2 rings (SSSR count). The third-order valence-electron chi connectivity index (χ3n) is 4.39. The molecule has 2 aromatic rings. The lowest BCUT2D eigenvalue weighted by atomic mass is 10.1. The lowest BCUT2D eigenvalue weighted by Crippen LogP contribution is -2.46. The second-order valence-electron chi connectivity index (χ2n) is 6.62. The van der Waals surface area contributed by atoms with Gasteiger partial charge in [-0.15, -0.1) is 0 Å². The molecular weight excluding hydrogens is 388 g/mol. The molecular formula is C22H28N2O4S. The third kappa shape index (κ3) is 7.02. The Bertz CT molecular complexity index is 819. The zero-order valence-electron chi connectivity index (χ0n) is 17.3. The van der Waals surface area contributed by atoms with Gasteiger partial charge in [-0.2, -0.15) is 11.8 Å². The molecule has 2 amide bonds. The molecule has 0 heterocycles. The van der Waals surface area contributed by atoms with Crippen molar-refractivity contribution in [2.24, 2.45) is 0 Å². The summed E-state index contributed by atoms with van der Waals surface area (Å²) >= 11 is 1.63. The van der Waals surface area contributed by atoms with Gasteiger partial charge in [-0.1, -0.05) is 17.7 Å². The smallest absolute Gasteiger partial charge is 0.251 e. The van der Waals surface area contributed by atoms with Gasteiger partial charge < -0.3 is 20.1 Å². The van der Waals surface area contributed by atoms with E-state index in [0.29, 0.717) is 30.0 Å². The Morgan fingerprint density at radius 3 is 2.34 bits per heavy atom. The first-order valence-electron chi connectivity index (χ1n) is 9.33. The van der Waals surface area contributed by atoms with E-state index in [1.165, 1.54) is 0 Å². The molecule has 6 nitrogen and oxygen atoms in total. The Balaban J connectivity index is 2.05. The van der Waals surface area contributed by atoms with Crippen LogP contribution < -0.4 is 20.1 Å². The number of thioether (sulfide) groups is 1. The average molecular weight is 417 g/mol. The van der Waals surface area contributed by atoms with Crippen molar-refractivity contribution in [1.82, 2.24) is 10.6 Å². The third-order valence-corrected chi connectivity index (χ3v) is 5.03. The van der Waals surface area contributed by atoms with Crippen LogP contribution in [0.15, 0.2) is 42.5 Å². The van der Waals surface area contributed by atoms with Crippen molar-refractivity contribution in [1.29, 1.82) is 0 Å². The summed E-state index contributed by atoms with van der Waals surface area (Å²) in [5.41, 5.74) is 2.39. The number of carbonyl (C=O) groups excluding carboxylic acids is 2. The van der Waals surface area contributed by atoms with Gasteiger partial charge >= 0.3 is 0 Å². The minimum absolute atomic E-state index is 0.221. The highest BCUT2D eigenvalue weighted by atomic mass is 32.2. The van der Waals surface area contributed by atoms with E-state index in [1.807, 2.05) is 37.4 Å². The predicted molar refractivity (Wildman–Crippen MR) is 117 cm³/mol. The molecule has 1 atom stereocenters. The van der Waals surface area contributed by atoms with Crippen molar-refractivity contribution in [3.05, 3.63) is 59.2 Å². The number of rotatable bonds is 10. The molecule has 0 spiro atoms. The molecule has 156 valence electrons. The van der Waals surface area contributed by atoms with Gasteiger partial charge in [-0.3, -0.25) is 9.59 Å². The van der Waals surface area contributed by atoms with Crippen molar-refractivity contribution in [3.8, 4) is 11.5 Å². The van der Waals surface area contributed by atoms with Crippen molar-refractivity contribution in [3.63, 3.8) is 0 Å². The van der Waals surface area contributed by atoms with Crippen LogP contribution in [0.25, 0.3) is 0 Å². The summed E-state index contributed by atoms with van der Waals surface area (Å²) in [4.78, 5) is 25.4.